The highest BCUT2D eigenvalue weighted by molar-refractivity contribution is 9.10. The van der Waals surface area contributed by atoms with Crippen LogP contribution in [0, 0.1) is 16.7 Å². The van der Waals surface area contributed by atoms with Gasteiger partial charge >= 0.3 is 0 Å². The van der Waals surface area contributed by atoms with Crippen molar-refractivity contribution in [1.82, 2.24) is 4.98 Å². The van der Waals surface area contributed by atoms with Crippen LogP contribution in [0.3, 0.4) is 0 Å². The minimum atomic E-state index is 0.311. The first kappa shape index (κ1) is 13.7. The summed E-state index contributed by atoms with van der Waals surface area (Å²) in [5, 5.41) is 4.33. The summed E-state index contributed by atoms with van der Waals surface area (Å²) in [6.07, 6.45) is 5.80. The average Bonchev–Trinajstić information content (AvgIpc) is 2.78. The van der Waals surface area contributed by atoms with Gasteiger partial charge in [-0.15, -0.1) is 0 Å². The van der Waals surface area contributed by atoms with Crippen LogP contribution in [0.1, 0.15) is 40.0 Å². The number of fused-ring (bicyclic) bond motifs is 2. The molecule has 0 spiro atoms. The number of anilines is 1. The van der Waals surface area contributed by atoms with E-state index in [1.54, 1.807) is 6.20 Å². The molecule has 2 fully saturated rings. The van der Waals surface area contributed by atoms with Gasteiger partial charge in [0.15, 0.2) is 0 Å². The Morgan fingerprint density at radius 1 is 1.42 bits per heavy atom. The lowest BCUT2D eigenvalue weighted by molar-refractivity contribution is 0.155. The summed E-state index contributed by atoms with van der Waals surface area (Å²) in [5.41, 5.74) is 0.692. The lowest BCUT2D eigenvalue weighted by atomic mass is 9.68. The van der Waals surface area contributed by atoms with E-state index in [-0.39, 0.29) is 0 Å². The number of halogens is 2. The number of hydrogen-bond donors (Lipinski definition) is 1. The molecule has 2 bridgehead atoms. The predicted octanol–water partition coefficient (Wildman–Crippen LogP) is 5.12. The summed E-state index contributed by atoms with van der Waals surface area (Å²) in [6, 6.07) is 2.35. The van der Waals surface area contributed by atoms with Gasteiger partial charge in [0.05, 0.1) is 5.02 Å². The van der Waals surface area contributed by atoms with Crippen molar-refractivity contribution in [2.45, 2.75) is 46.1 Å². The minimum absolute atomic E-state index is 0.311. The first-order chi connectivity index (χ1) is 8.83. The van der Waals surface area contributed by atoms with E-state index >= 15 is 0 Å². The van der Waals surface area contributed by atoms with Gasteiger partial charge in [0.2, 0.25) is 0 Å². The second-order valence-electron chi connectivity index (χ2n) is 6.98. The van der Waals surface area contributed by atoms with E-state index in [1.165, 1.54) is 19.3 Å². The van der Waals surface area contributed by atoms with Crippen LogP contribution in [-0.4, -0.2) is 11.0 Å². The quantitative estimate of drug-likeness (QED) is 0.805. The zero-order valence-electron chi connectivity index (χ0n) is 11.6. The zero-order valence-corrected chi connectivity index (χ0v) is 14.0. The molecule has 0 aromatic carbocycles. The molecule has 0 radical (unpaired) electrons. The van der Waals surface area contributed by atoms with Crippen molar-refractivity contribution >= 4 is 33.3 Å². The molecule has 2 saturated carbocycles. The highest BCUT2D eigenvalue weighted by atomic mass is 79.9. The lowest BCUT2D eigenvalue weighted by Gasteiger charge is -2.43. The van der Waals surface area contributed by atoms with Gasteiger partial charge in [-0.25, -0.2) is 4.98 Å². The van der Waals surface area contributed by atoms with Crippen LogP contribution in [0.15, 0.2) is 16.7 Å². The SMILES string of the molecule is CC12CCC(C1)C(C)(C)C2Nc1ncc(Br)cc1Cl. The maximum absolute atomic E-state index is 6.29. The average molecular weight is 344 g/mol. The fourth-order valence-corrected chi connectivity index (χ4v) is 5.00. The normalized spacial score (nSPS) is 35.6. The van der Waals surface area contributed by atoms with E-state index in [1.807, 2.05) is 6.07 Å². The van der Waals surface area contributed by atoms with E-state index in [4.69, 9.17) is 11.6 Å². The molecule has 2 aliphatic rings. The van der Waals surface area contributed by atoms with Crippen molar-refractivity contribution < 1.29 is 0 Å². The Morgan fingerprint density at radius 3 is 2.74 bits per heavy atom. The third kappa shape index (κ3) is 2.09. The maximum atomic E-state index is 6.29. The van der Waals surface area contributed by atoms with E-state index in [0.717, 1.165) is 16.2 Å². The summed E-state index contributed by atoms with van der Waals surface area (Å²) in [6.45, 7) is 7.17. The van der Waals surface area contributed by atoms with Crippen LogP contribution in [0.4, 0.5) is 5.82 Å². The summed E-state index contributed by atoms with van der Waals surface area (Å²) < 4.78 is 0.918. The molecule has 3 atom stereocenters. The van der Waals surface area contributed by atoms with Gasteiger partial charge in [0, 0.05) is 16.7 Å². The Hall–Kier alpha value is -0.280. The van der Waals surface area contributed by atoms with Crippen molar-refractivity contribution in [2.75, 3.05) is 5.32 Å². The largest absolute Gasteiger partial charge is 0.365 e. The molecule has 1 heterocycles. The van der Waals surface area contributed by atoms with Crippen LogP contribution >= 0.6 is 27.5 Å². The number of rotatable bonds is 2. The highest BCUT2D eigenvalue weighted by Gasteiger charge is 2.59. The molecule has 2 aliphatic carbocycles. The van der Waals surface area contributed by atoms with Crippen LogP contribution in [0.2, 0.25) is 5.02 Å². The number of nitrogens with zero attached hydrogens (tertiary/aromatic N) is 1. The van der Waals surface area contributed by atoms with Gasteiger partial charge < -0.3 is 5.32 Å². The molecule has 3 rings (SSSR count). The first-order valence-electron chi connectivity index (χ1n) is 6.90. The number of pyridine rings is 1. The summed E-state index contributed by atoms with van der Waals surface area (Å²) >= 11 is 9.69. The van der Waals surface area contributed by atoms with Crippen LogP contribution in [0.5, 0.6) is 0 Å². The third-order valence-corrected chi connectivity index (χ3v) is 6.08. The van der Waals surface area contributed by atoms with E-state index in [0.29, 0.717) is 21.9 Å². The Morgan fingerprint density at radius 2 is 2.16 bits per heavy atom. The van der Waals surface area contributed by atoms with Crippen LogP contribution in [-0.2, 0) is 0 Å². The molecular formula is C15H20BrClN2. The van der Waals surface area contributed by atoms with E-state index in [2.05, 4.69) is 47.0 Å². The van der Waals surface area contributed by atoms with Crippen molar-refractivity contribution in [1.29, 1.82) is 0 Å². The van der Waals surface area contributed by atoms with Crippen LogP contribution in [0.25, 0.3) is 0 Å². The van der Waals surface area contributed by atoms with Gasteiger partial charge in [-0.2, -0.15) is 0 Å². The summed E-state index contributed by atoms with van der Waals surface area (Å²) in [4.78, 5) is 4.43. The van der Waals surface area contributed by atoms with Crippen molar-refractivity contribution in [3.8, 4) is 0 Å². The van der Waals surface area contributed by atoms with Crippen molar-refractivity contribution in [3.05, 3.63) is 21.8 Å². The second-order valence-corrected chi connectivity index (χ2v) is 8.30. The fourth-order valence-electron chi connectivity index (χ4n) is 4.32. The number of nitrogens with one attached hydrogen (secondary N) is 1. The zero-order chi connectivity index (χ0) is 13.8. The molecule has 3 unspecified atom stereocenters. The second kappa shape index (κ2) is 4.36. The van der Waals surface area contributed by atoms with E-state index < -0.39 is 0 Å². The Balaban J connectivity index is 1.90. The Kier molecular flexibility index (Phi) is 3.14. The third-order valence-electron chi connectivity index (χ3n) is 5.36. The number of hydrogen-bond acceptors (Lipinski definition) is 2. The molecular weight excluding hydrogens is 324 g/mol. The molecule has 1 aromatic heterocycles. The molecule has 4 heteroatoms. The Bertz CT molecular complexity index is 512. The fraction of sp³-hybridized carbons (Fsp3) is 0.667. The predicted molar refractivity (Wildman–Crippen MR) is 83.6 cm³/mol. The molecule has 104 valence electrons. The summed E-state index contributed by atoms with van der Waals surface area (Å²) in [7, 11) is 0. The summed E-state index contributed by atoms with van der Waals surface area (Å²) in [5.74, 6) is 1.64. The van der Waals surface area contributed by atoms with Crippen LogP contribution < -0.4 is 5.32 Å². The Labute approximate surface area is 128 Å². The smallest absolute Gasteiger partial charge is 0.145 e. The van der Waals surface area contributed by atoms with Gasteiger partial charge in [0.25, 0.3) is 0 Å². The van der Waals surface area contributed by atoms with Gasteiger partial charge in [-0.1, -0.05) is 32.4 Å². The van der Waals surface area contributed by atoms with Gasteiger partial charge in [0.1, 0.15) is 5.82 Å². The number of aromatic nitrogens is 1. The monoisotopic (exact) mass is 342 g/mol. The molecule has 19 heavy (non-hydrogen) atoms. The lowest BCUT2D eigenvalue weighted by Crippen LogP contribution is -2.46. The van der Waals surface area contributed by atoms with E-state index in [9.17, 15) is 0 Å². The standard InChI is InChI=1S/C15H20BrClN2/c1-14(2)9-4-5-15(3,7-9)13(14)19-12-11(17)6-10(16)8-18-12/h6,8-9,13H,4-5,7H2,1-3H3,(H,18,19). The molecule has 1 aromatic rings. The first-order valence-corrected chi connectivity index (χ1v) is 8.08. The maximum Gasteiger partial charge on any atom is 0.145 e. The van der Waals surface area contributed by atoms with Gasteiger partial charge in [-0.3, -0.25) is 0 Å². The molecule has 0 saturated heterocycles. The van der Waals surface area contributed by atoms with Crippen molar-refractivity contribution in [2.24, 2.45) is 16.7 Å². The molecule has 0 amide bonds. The molecule has 0 aliphatic heterocycles. The highest BCUT2D eigenvalue weighted by Crippen LogP contribution is 2.63. The topological polar surface area (TPSA) is 24.9 Å². The van der Waals surface area contributed by atoms with Gasteiger partial charge in [-0.05, 0) is 58.0 Å². The minimum Gasteiger partial charge on any atom is -0.365 e. The molecule has 1 N–H and O–H groups in total. The molecule has 2 nitrogen and oxygen atoms in total. The van der Waals surface area contributed by atoms with Crippen molar-refractivity contribution in [3.63, 3.8) is 0 Å².